The zero-order valence-electron chi connectivity index (χ0n) is 12.5. The summed E-state index contributed by atoms with van der Waals surface area (Å²) in [5.74, 6) is -0.568. The van der Waals surface area contributed by atoms with Gasteiger partial charge in [-0.2, -0.15) is 15.0 Å². The Morgan fingerprint density at radius 3 is 2.64 bits per heavy atom. The molecule has 0 radical (unpaired) electrons. The molecule has 7 heteroatoms. The molecular formula is C15H18ClFN4O. The first kappa shape index (κ1) is 16.4. The summed E-state index contributed by atoms with van der Waals surface area (Å²) in [6.07, 6.45) is 3.07. The number of halogens is 2. The summed E-state index contributed by atoms with van der Waals surface area (Å²) in [7, 11) is 0. The molecule has 1 aromatic heterocycles. The van der Waals surface area contributed by atoms with Crippen LogP contribution in [-0.4, -0.2) is 26.9 Å². The Morgan fingerprint density at radius 2 is 2.05 bits per heavy atom. The average Bonchev–Trinajstić information content (AvgIpc) is 2.95. The third-order valence-corrected chi connectivity index (χ3v) is 3.73. The van der Waals surface area contributed by atoms with Gasteiger partial charge in [0.2, 0.25) is 5.91 Å². The number of hydrogen-bond acceptors (Lipinski definition) is 3. The first-order chi connectivity index (χ1) is 10.5. The van der Waals surface area contributed by atoms with E-state index in [-0.39, 0.29) is 34.9 Å². The lowest BCUT2D eigenvalue weighted by atomic mass is 10.0. The predicted molar refractivity (Wildman–Crippen MR) is 81.9 cm³/mol. The Labute approximate surface area is 133 Å². The van der Waals surface area contributed by atoms with Crippen molar-refractivity contribution in [3.05, 3.63) is 47.0 Å². The molecule has 0 saturated carbocycles. The maximum Gasteiger partial charge on any atom is 0.224 e. The van der Waals surface area contributed by atoms with Crippen molar-refractivity contribution in [2.45, 2.75) is 32.9 Å². The van der Waals surface area contributed by atoms with Crippen LogP contribution in [0.2, 0.25) is 5.02 Å². The first-order valence-corrected chi connectivity index (χ1v) is 7.41. The van der Waals surface area contributed by atoms with Crippen LogP contribution in [0.3, 0.4) is 0 Å². The van der Waals surface area contributed by atoms with Gasteiger partial charge in [-0.25, -0.2) is 4.39 Å². The van der Waals surface area contributed by atoms with Crippen LogP contribution in [-0.2, 0) is 17.8 Å². The average molecular weight is 325 g/mol. The van der Waals surface area contributed by atoms with Crippen LogP contribution in [0.25, 0.3) is 0 Å². The molecule has 2 aromatic rings. The molecule has 118 valence electrons. The van der Waals surface area contributed by atoms with Crippen LogP contribution in [0.5, 0.6) is 0 Å². The van der Waals surface area contributed by atoms with E-state index in [0.717, 1.165) is 0 Å². The van der Waals surface area contributed by atoms with Crippen LogP contribution < -0.4 is 5.32 Å². The van der Waals surface area contributed by atoms with Gasteiger partial charge in [-0.15, -0.1) is 0 Å². The van der Waals surface area contributed by atoms with Crippen molar-refractivity contribution in [3.63, 3.8) is 0 Å². The SMILES string of the molecule is CC(C)[C@@H](Cn1nccn1)NC(=O)Cc1c(F)cccc1Cl. The summed E-state index contributed by atoms with van der Waals surface area (Å²) in [5, 5.41) is 11.2. The number of carbonyl (C=O) groups is 1. The molecule has 2 rings (SSSR count). The van der Waals surface area contributed by atoms with Crippen LogP contribution in [0, 0.1) is 11.7 Å². The highest BCUT2D eigenvalue weighted by Gasteiger charge is 2.19. The molecule has 0 spiro atoms. The number of aromatic nitrogens is 3. The maximum atomic E-state index is 13.7. The van der Waals surface area contributed by atoms with Gasteiger partial charge in [0.25, 0.3) is 0 Å². The van der Waals surface area contributed by atoms with Gasteiger partial charge in [0.05, 0.1) is 31.4 Å². The van der Waals surface area contributed by atoms with Crippen molar-refractivity contribution < 1.29 is 9.18 Å². The van der Waals surface area contributed by atoms with Crippen LogP contribution in [0.1, 0.15) is 19.4 Å². The number of nitrogens with zero attached hydrogens (tertiary/aromatic N) is 3. The molecular weight excluding hydrogens is 307 g/mol. The number of hydrogen-bond donors (Lipinski definition) is 1. The second-order valence-corrected chi connectivity index (χ2v) is 5.79. The summed E-state index contributed by atoms with van der Waals surface area (Å²) in [4.78, 5) is 13.7. The summed E-state index contributed by atoms with van der Waals surface area (Å²) in [5.41, 5.74) is 0.210. The number of carbonyl (C=O) groups excluding carboxylic acids is 1. The minimum atomic E-state index is -0.475. The van der Waals surface area contributed by atoms with E-state index in [4.69, 9.17) is 11.6 Å². The van der Waals surface area contributed by atoms with Gasteiger partial charge in [0, 0.05) is 10.6 Å². The smallest absolute Gasteiger partial charge is 0.224 e. The van der Waals surface area contributed by atoms with Crippen molar-refractivity contribution in [2.75, 3.05) is 0 Å². The summed E-state index contributed by atoms with van der Waals surface area (Å²) in [6, 6.07) is 4.23. The van der Waals surface area contributed by atoms with E-state index in [9.17, 15) is 9.18 Å². The monoisotopic (exact) mass is 324 g/mol. The molecule has 0 unspecified atom stereocenters. The lowest BCUT2D eigenvalue weighted by Gasteiger charge is -2.22. The van der Waals surface area contributed by atoms with Gasteiger partial charge in [0.15, 0.2) is 0 Å². The second kappa shape index (κ2) is 7.35. The molecule has 0 aliphatic carbocycles. The van der Waals surface area contributed by atoms with Crippen molar-refractivity contribution >= 4 is 17.5 Å². The van der Waals surface area contributed by atoms with Crippen molar-refractivity contribution in [1.29, 1.82) is 0 Å². The standard InChI is InChI=1S/C15H18ClFN4O/c1-10(2)14(9-21-18-6-7-19-21)20-15(22)8-11-12(16)4-3-5-13(11)17/h3-7,10,14H,8-9H2,1-2H3,(H,20,22)/t14-/m1/s1. The van der Waals surface area contributed by atoms with E-state index in [1.807, 2.05) is 13.8 Å². The van der Waals surface area contributed by atoms with E-state index in [1.54, 1.807) is 18.5 Å². The van der Waals surface area contributed by atoms with Crippen LogP contribution >= 0.6 is 11.6 Å². The first-order valence-electron chi connectivity index (χ1n) is 7.03. The summed E-state index contributed by atoms with van der Waals surface area (Å²) in [6.45, 7) is 4.44. The highest BCUT2D eigenvalue weighted by atomic mass is 35.5. The Morgan fingerprint density at radius 1 is 1.36 bits per heavy atom. The fraction of sp³-hybridized carbons (Fsp3) is 0.400. The second-order valence-electron chi connectivity index (χ2n) is 5.38. The van der Waals surface area contributed by atoms with Gasteiger partial charge >= 0.3 is 0 Å². The Kier molecular flexibility index (Phi) is 5.49. The molecule has 0 saturated heterocycles. The maximum absolute atomic E-state index is 13.7. The van der Waals surface area contributed by atoms with E-state index in [1.165, 1.54) is 16.9 Å². The van der Waals surface area contributed by atoms with Crippen molar-refractivity contribution in [3.8, 4) is 0 Å². The van der Waals surface area contributed by atoms with E-state index in [2.05, 4.69) is 15.5 Å². The molecule has 1 atom stereocenters. The topological polar surface area (TPSA) is 59.8 Å². The highest BCUT2D eigenvalue weighted by molar-refractivity contribution is 6.31. The predicted octanol–water partition coefficient (Wildman–Crippen LogP) is 2.45. The lowest BCUT2D eigenvalue weighted by Crippen LogP contribution is -2.42. The van der Waals surface area contributed by atoms with Gasteiger partial charge in [-0.1, -0.05) is 31.5 Å². The van der Waals surface area contributed by atoms with Gasteiger partial charge < -0.3 is 5.32 Å². The minimum Gasteiger partial charge on any atom is -0.351 e. The van der Waals surface area contributed by atoms with Crippen molar-refractivity contribution in [1.82, 2.24) is 20.3 Å². The molecule has 0 bridgehead atoms. The molecule has 22 heavy (non-hydrogen) atoms. The Balaban J connectivity index is 2.02. The van der Waals surface area contributed by atoms with Gasteiger partial charge in [-0.3, -0.25) is 4.79 Å². The molecule has 0 aliphatic rings. The molecule has 1 amide bonds. The quantitative estimate of drug-likeness (QED) is 0.888. The fourth-order valence-corrected chi connectivity index (χ4v) is 2.29. The molecule has 0 fully saturated rings. The highest BCUT2D eigenvalue weighted by Crippen LogP contribution is 2.19. The third-order valence-electron chi connectivity index (χ3n) is 3.38. The molecule has 1 aromatic carbocycles. The lowest BCUT2D eigenvalue weighted by molar-refractivity contribution is -0.121. The fourth-order valence-electron chi connectivity index (χ4n) is 2.06. The Hall–Kier alpha value is -1.95. The van der Waals surface area contributed by atoms with Gasteiger partial charge in [0.1, 0.15) is 5.82 Å². The summed E-state index contributed by atoms with van der Waals surface area (Å²) >= 11 is 5.94. The minimum absolute atomic E-state index is 0.0960. The molecule has 1 heterocycles. The van der Waals surface area contributed by atoms with E-state index in [0.29, 0.717) is 6.54 Å². The Bertz CT molecular complexity index is 610. The molecule has 1 N–H and O–H groups in total. The number of nitrogens with one attached hydrogen (secondary N) is 1. The van der Waals surface area contributed by atoms with Gasteiger partial charge in [-0.05, 0) is 18.1 Å². The van der Waals surface area contributed by atoms with E-state index >= 15 is 0 Å². The van der Waals surface area contributed by atoms with E-state index < -0.39 is 5.82 Å². The third kappa shape index (κ3) is 4.27. The number of rotatable bonds is 6. The van der Waals surface area contributed by atoms with Crippen molar-refractivity contribution in [2.24, 2.45) is 5.92 Å². The molecule has 0 aliphatic heterocycles. The largest absolute Gasteiger partial charge is 0.351 e. The zero-order valence-corrected chi connectivity index (χ0v) is 13.2. The number of amides is 1. The molecule has 5 nitrogen and oxygen atoms in total. The normalized spacial score (nSPS) is 12.4. The van der Waals surface area contributed by atoms with Crippen LogP contribution in [0.4, 0.5) is 4.39 Å². The zero-order chi connectivity index (χ0) is 16.1. The van der Waals surface area contributed by atoms with Crippen LogP contribution in [0.15, 0.2) is 30.6 Å². The summed E-state index contributed by atoms with van der Waals surface area (Å²) < 4.78 is 13.7. The number of benzene rings is 1.